The van der Waals surface area contributed by atoms with Crippen molar-refractivity contribution < 1.29 is 23.1 Å². The third kappa shape index (κ3) is 4.62. The first-order valence-corrected chi connectivity index (χ1v) is 10.6. The van der Waals surface area contributed by atoms with E-state index in [1.54, 1.807) is 0 Å². The molecule has 1 aromatic heterocycles. The summed E-state index contributed by atoms with van der Waals surface area (Å²) in [5.41, 5.74) is 1.74. The molecular formula is C23H24F2N4O3. The van der Waals surface area contributed by atoms with E-state index in [-0.39, 0.29) is 30.5 Å². The van der Waals surface area contributed by atoms with Gasteiger partial charge in [-0.05, 0) is 37.6 Å². The van der Waals surface area contributed by atoms with Crippen molar-refractivity contribution in [2.24, 2.45) is 5.92 Å². The highest BCUT2D eigenvalue weighted by Gasteiger charge is 2.36. The second kappa shape index (κ2) is 9.44. The molecule has 2 amide bonds. The number of fused-ring (bicyclic) bond motifs is 1. The predicted octanol–water partition coefficient (Wildman–Crippen LogP) is 3.73. The molecule has 0 bridgehead atoms. The van der Waals surface area contributed by atoms with Gasteiger partial charge in [0.05, 0.1) is 17.0 Å². The highest BCUT2D eigenvalue weighted by molar-refractivity contribution is 6.03. The number of aryl methyl sites for hydroxylation is 1. The summed E-state index contributed by atoms with van der Waals surface area (Å²) in [6.45, 7) is 3.80. The largest absolute Gasteiger partial charge is 0.382 e. The highest BCUT2D eigenvalue weighted by atomic mass is 19.1. The third-order valence-corrected chi connectivity index (χ3v) is 5.42. The Bertz CT molecular complexity index is 1130. The fourth-order valence-electron chi connectivity index (χ4n) is 3.91. The molecule has 0 saturated carbocycles. The Hall–Kier alpha value is -3.33. The van der Waals surface area contributed by atoms with Crippen molar-refractivity contribution in [2.45, 2.75) is 26.3 Å². The summed E-state index contributed by atoms with van der Waals surface area (Å²) in [4.78, 5) is 31.2. The van der Waals surface area contributed by atoms with Crippen molar-refractivity contribution in [3.8, 4) is 0 Å². The first kappa shape index (κ1) is 21.9. The molecule has 1 N–H and O–H groups in total. The first-order chi connectivity index (χ1) is 15.5. The number of amides is 2. The minimum absolute atomic E-state index is 0.0398. The number of hydrogen-bond donors (Lipinski definition) is 1. The molecule has 4 rings (SSSR count). The third-order valence-electron chi connectivity index (χ3n) is 5.42. The second-order valence-corrected chi connectivity index (χ2v) is 7.65. The first-order valence-electron chi connectivity index (χ1n) is 10.6. The van der Waals surface area contributed by atoms with E-state index in [2.05, 4.69) is 10.3 Å². The van der Waals surface area contributed by atoms with Crippen LogP contribution in [0.1, 0.15) is 19.8 Å². The van der Waals surface area contributed by atoms with Gasteiger partial charge in [-0.15, -0.1) is 0 Å². The highest BCUT2D eigenvalue weighted by Crippen LogP contribution is 2.28. The van der Waals surface area contributed by atoms with Crippen LogP contribution < -0.4 is 10.2 Å². The van der Waals surface area contributed by atoms with Crippen molar-refractivity contribution in [1.82, 2.24) is 9.55 Å². The Labute approximate surface area is 184 Å². The minimum Gasteiger partial charge on any atom is -0.382 e. The van der Waals surface area contributed by atoms with E-state index in [1.807, 2.05) is 35.8 Å². The van der Waals surface area contributed by atoms with Gasteiger partial charge in [-0.3, -0.25) is 14.9 Å². The van der Waals surface area contributed by atoms with Crippen LogP contribution in [-0.2, 0) is 20.9 Å². The predicted molar refractivity (Wildman–Crippen MR) is 116 cm³/mol. The molecule has 32 heavy (non-hydrogen) atoms. The molecule has 7 nitrogen and oxygen atoms in total. The molecule has 2 heterocycles. The van der Waals surface area contributed by atoms with Gasteiger partial charge in [0, 0.05) is 44.5 Å². The van der Waals surface area contributed by atoms with Crippen LogP contribution in [0, 0.1) is 17.6 Å². The molecule has 168 valence electrons. The summed E-state index contributed by atoms with van der Waals surface area (Å²) in [6, 6.07) is 10.5. The van der Waals surface area contributed by atoms with Crippen molar-refractivity contribution >= 4 is 34.5 Å². The van der Waals surface area contributed by atoms with Crippen LogP contribution in [0.25, 0.3) is 11.0 Å². The van der Waals surface area contributed by atoms with Gasteiger partial charge in [-0.2, -0.15) is 0 Å². The number of carbonyl (C=O) groups excluding carboxylic acids is 2. The smallest absolute Gasteiger partial charge is 0.232 e. The lowest BCUT2D eigenvalue weighted by molar-refractivity contribution is -0.122. The number of anilines is 2. The van der Waals surface area contributed by atoms with Crippen LogP contribution in [0.5, 0.6) is 0 Å². The van der Waals surface area contributed by atoms with Gasteiger partial charge in [0.2, 0.25) is 17.8 Å². The summed E-state index contributed by atoms with van der Waals surface area (Å²) < 4.78 is 34.5. The fourth-order valence-corrected chi connectivity index (χ4v) is 3.91. The maximum atomic E-state index is 13.6. The molecule has 1 saturated heterocycles. The summed E-state index contributed by atoms with van der Waals surface area (Å²) in [5.74, 6) is -2.54. The molecule has 1 atom stereocenters. The lowest BCUT2D eigenvalue weighted by atomic mass is 10.1. The number of nitrogens with one attached hydrogen (secondary N) is 1. The monoisotopic (exact) mass is 442 g/mol. The molecular weight excluding hydrogens is 418 g/mol. The topological polar surface area (TPSA) is 76.5 Å². The van der Waals surface area contributed by atoms with Crippen molar-refractivity contribution in [1.29, 1.82) is 0 Å². The minimum atomic E-state index is -0.776. The van der Waals surface area contributed by atoms with Crippen LogP contribution in [-0.4, -0.2) is 41.1 Å². The van der Waals surface area contributed by atoms with E-state index >= 15 is 0 Å². The Morgan fingerprint density at radius 3 is 2.72 bits per heavy atom. The van der Waals surface area contributed by atoms with E-state index in [1.165, 1.54) is 4.90 Å². The molecule has 0 spiro atoms. The Morgan fingerprint density at radius 1 is 1.22 bits per heavy atom. The number of imidazole rings is 1. The molecule has 3 aromatic rings. The van der Waals surface area contributed by atoms with Crippen LogP contribution in [0.3, 0.4) is 0 Å². The van der Waals surface area contributed by atoms with Crippen LogP contribution in [0.4, 0.5) is 20.4 Å². The van der Waals surface area contributed by atoms with Crippen molar-refractivity contribution in [3.63, 3.8) is 0 Å². The molecule has 1 fully saturated rings. The zero-order valence-electron chi connectivity index (χ0n) is 17.7. The number of benzene rings is 2. The molecule has 1 unspecified atom stereocenters. The number of ether oxygens (including phenoxy) is 1. The SMILES string of the molecule is CCOCCCn1c(NC(=O)C2CC(=O)N(c3cc(F)cc(F)c3)C2)nc2ccccc21. The number of aromatic nitrogens is 2. The summed E-state index contributed by atoms with van der Waals surface area (Å²) in [5, 5.41) is 2.84. The van der Waals surface area contributed by atoms with E-state index < -0.39 is 17.6 Å². The molecule has 1 aliphatic heterocycles. The van der Waals surface area contributed by atoms with Gasteiger partial charge in [0.25, 0.3) is 0 Å². The Morgan fingerprint density at radius 2 is 1.97 bits per heavy atom. The molecule has 0 aliphatic carbocycles. The molecule has 0 radical (unpaired) electrons. The summed E-state index contributed by atoms with van der Waals surface area (Å²) in [6.07, 6.45) is 0.701. The van der Waals surface area contributed by atoms with Crippen molar-refractivity contribution in [2.75, 3.05) is 30.0 Å². The number of hydrogen-bond acceptors (Lipinski definition) is 4. The summed E-state index contributed by atoms with van der Waals surface area (Å²) >= 11 is 0. The average Bonchev–Trinajstić information content (AvgIpc) is 3.31. The van der Waals surface area contributed by atoms with Crippen LogP contribution in [0.2, 0.25) is 0 Å². The zero-order chi connectivity index (χ0) is 22.7. The molecule has 1 aliphatic rings. The van der Waals surface area contributed by atoms with Gasteiger partial charge < -0.3 is 14.2 Å². The van der Waals surface area contributed by atoms with Gasteiger partial charge >= 0.3 is 0 Å². The average molecular weight is 442 g/mol. The van der Waals surface area contributed by atoms with Gasteiger partial charge in [-0.25, -0.2) is 13.8 Å². The maximum Gasteiger partial charge on any atom is 0.232 e. The van der Waals surface area contributed by atoms with E-state index in [0.29, 0.717) is 25.7 Å². The molecule has 9 heteroatoms. The Kier molecular flexibility index (Phi) is 6.45. The normalized spacial score (nSPS) is 16.2. The number of para-hydroxylation sites is 2. The summed E-state index contributed by atoms with van der Waals surface area (Å²) in [7, 11) is 0. The number of carbonyl (C=O) groups is 2. The van der Waals surface area contributed by atoms with Crippen LogP contribution in [0.15, 0.2) is 42.5 Å². The van der Waals surface area contributed by atoms with Gasteiger partial charge in [-0.1, -0.05) is 12.1 Å². The lowest BCUT2D eigenvalue weighted by Gasteiger charge is -2.17. The number of rotatable bonds is 8. The fraction of sp³-hybridized carbons (Fsp3) is 0.348. The van der Waals surface area contributed by atoms with Gasteiger partial charge in [0.1, 0.15) is 11.6 Å². The lowest BCUT2D eigenvalue weighted by Crippen LogP contribution is -2.29. The van der Waals surface area contributed by atoms with Crippen LogP contribution >= 0.6 is 0 Å². The number of halogens is 2. The van der Waals surface area contributed by atoms with E-state index in [9.17, 15) is 18.4 Å². The maximum absolute atomic E-state index is 13.6. The number of nitrogens with zero attached hydrogens (tertiary/aromatic N) is 3. The van der Waals surface area contributed by atoms with E-state index in [0.717, 1.165) is 35.7 Å². The standard InChI is InChI=1S/C23H24F2N4O3/c1-2-32-9-5-8-28-20-7-4-3-6-19(20)26-23(28)27-22(31)15-10-21(30)29(14-15)18-12-16(24)11-17(25)13-18/h3-4,6-7,11-13,15H,2,5,8-10,14H2,1H3,(H,26,27,31). The Balaban J connectivity index is 1.50. The van der Waals surface area contributed by atoms with E-state index in [4.69, 9.17) is 4.74 Å². The quantitative estimate of drug-likeness (QED) is 0.540. The van der Waals surface area contributed by atoms with Gasteiger partial charge in [0.15, 0.2) is 0 Å². The van der Waals surface area contributed by atoms with Crippen molar-refractivity contribution in [3.05, 3.63) is 54.1 Å². The second-order valence-electron chi connectivity index (χ2n) is 7.65. The zero-order valence-corrected chi connectivity index (χ0v) is 17.7. The molecule has 2 aromatic carbocycles.